The number of aryl methyl sites for hydroxylation is 1. The maximum atomic E-state index is 13.1. The maximum Gasteiger partial charge on any atom is 0.240 e. The van der Waals surface area contributed by atoms with Gasteiger partial charge in [-0.25, -0.2) is 17.5 Å². The number of rotatable bonds is 8. The van der Waals surface area contributed by atoms with E-state index in [1.165, 1.54) is 12.1 Å². The normalized spacial score (nSPS) is 11.2. The van der Waals surface area contributed by atoms with Gasteiger partial charge >= 0.3 is 0 Å². The first kappa shape index (κ1) is 19.3. The minimum Gasteiger partial charge on any atom is -0.383 e. The summed E-state index contributed by atoms with van der Waals surface area (Å²) in [6.45, 7) is 3.57. The van der Waals surface area contributed by atoms with E-state index in [2.05, 4.69) is 10.0 Å². The highest BCUT2D eigenvalue weighted by Gasteiger charge is 2.16. The van der Waals surface area contributed by atoms with Crippen molar-refractivity contribution in [3.63, 3.8) is 0 Å². The zero-order valence-electron chi connectivity index (χ0n) is 11.5. The van der Waals surface area contributed by atoms with Crippen LogP contribution in [-0.4, -0.2) is 41.8 Å². The summed E-state index contributed by atoms with van der Waals surface area (Å²) >= 11 is 0. The molecule has 0 radical (unpaired) electrons. The minimum absolute atomic E-state index is 0. The molecule has 2 N–H and O–H groups in total. The fraction of sp³-hybridized carbons (Fsp3) is 0.500. The molecule has 0 saturated carbocycles. The highest BCUT2D eigenvalue weighted by molar-refractivity contribution is 7.89. The second kappa shape index (κ2) is 9.25. The molecule has 0 aliphatic heterocycles. The number of hydrogen-bond acceptors (Lipinski definition) is 4. The van der Waals surface area contributed by atoms with Crippen LogP contribution in [0.5, 0.6) is 0 Å². The summed E-state index contributed by atoms with van der Waals surface area (Å²) < 4.78 is 44.3. The van der Waals surface area contributed by atoms with Gasteiger partial charge in [-0.2, -0.15) is 0 Å². The Morgan fingerprint density at radius 2 is 1.95 bits per heavy atom. The summed E-state index contributed by atoms with van der Waals surface area (Å²) in [5.74, 6) is -0.566. The molecule has 0 atom stereocenters. The summed E-state index contributed by atoms with van der Waals surface area (Å²) in [6.07, 6.45) is 0. The Kier molecular flexibility index (Phi) is 8.91. The van der Waals surface area contributed by atoms with Gasteiger partial charge in [0, 0.05) is 26.7 Å². The van der Waals surface area contributed by atoms with Crippen LogP contribution in [0.2, 0.25) is 0 Å². The number of sulfonamides is 1. The SMILES string of the molecule is COCCNCCNS(=O)(=O)c1cc(F)ccc1C.Cl. The van der Waals surface area contributed by atoms with Crippen molar-refractivity contribution in [3.8, 4) is 0 Å². The molecular weight excluding hydrogens is 307 g/mol. The van der Waals surface area contributed by atoms with E-state index >= 15 is 0 Å². The van der Waals surface area contributed by atoms with Gasteiger partial charge in [-0.3, -0.25) is 0 Å². The highest BCUT2D eigenvalue weighted by atomic mass is 35.5. The third-order valence-corrected chi connectivity index (χ3v) is 4.12. The summed E-state index contributed by atoms with van der Waals surface area (Å²) in [5, 5.41) is 3.01. The Balaban J connectivity index is 0.00000361. The van der Waals surface area contributed by atoms with E-state index in [1.54, 1.807) is 14.0 Å². The third-order valence-electron chi connectivity index (χ3n) is 2.52. The third kappa shape index (κ3) is 6.15. The second-order valence-electron chi connectivity index (χ2n) is 4.05. The van der Waals surface area contributed by atoms with Crippen LogP contribution in [0.1, 0.15) is 5.56 Å². The molecule has 116 valence electrons. The molecule has 0 aromatic heterocycles. The van der Waals surface area contributed by atoms with Gasteiger partial charge in [0.25, 0.3) is 0 Å². The van der Waals surface area contributed by atoms with Gasteiger partial charge in [-0.1, -0.05) is 6.07 Å². The Labute approximate surface area is 125 Å². The number of ether oxygens (including phenoxy) is 1. The van der Waals surface area contributed by atoms with E-state index in [0.29, 0.717) is 25.3 Å². The van der Waals surface area contributed by atoms with E-state index in [0.717, 1.165) is 6.07 Å². The fourth-order valence-corrected chi connectivity index (χ4v) is 2.80. The molecule has 1 aromatic rings. The van der Waals surface area contributed by atoms with Gasteiger partial charge in [-0.15, -0.1) is 12.4 Å². The maximum absolute atomic E-state index is 13.1. The number of nitrogens with one attached hydrogen (secondary N) is 2. The molecule has 0 bridgehead atoms. The average Bonchev–Trinajstić information content (AvgIpc) is 2.36. The van der Waals surface area contributed by atoms with Crippen molar-refractivity contribution in [2.24, 2.45) is 0 Å². The van der Waals surface area contributed by atoms with E-state index in [9.17, 15) is 12.8 Å². The van der Waals surface area contributed by atoms with Crippen molar-refractivity contribution in [3.05, 3.63) is 29.6 Å². The number of methoxy groups -OCH3 is 1. The van der Waals surface area contributed by atoms with Crippen LogP contribution in [0.25, 0.3) is 0 Å². The standard InChI is InChI=1S/C12H19FN2O3S.ClH/c1-10-3-4-11(13)9-12(10)19(16,17)15-6-5-14-7-8-18-2;/h3-4,9,14-15H,5-8H2,1-2H3;1H. The molecule has 0 aliphatic carbocycles. The quantitative estimate of drug-likeness (QED) is 0.701. The highest BCUT2D eigenvalue weighted by Crippen LogP contribution is 2.15. The lowest BCUT2D eigenvalue weighted by Crippen LogP contribution is -2.33. The molecule has 0 amide bonds. The molecule has 1 aromatic carbocycles. The van der Waals surface area contributed by atoms with E-state index < -0.39 is 15.8 Å². The molecular formula is C12H20ClFN2O3S. The van der Waals surface area contributed by atoms with Gasteiger partial charge in [0.15, 0.2) is 0 Å². The van der Waals surface area contributed by atoms with Crippen LogP contribution in [-0.2, 0) is 14.8 Å². The van der Waals surface area contributed by atoms with Crippen molar-refractivity contribution in [2.75, 3.05) is 33.4 Å². The van der Waals surface area contributed by atoms with Gasteiger partial charge in [0.2, 0.25) is 10.0 Å². The molecule has 20 heavy (non-hydrogen) atoms. The molecule has 0 unspecified atom stereocenters. The summed E-state index contributed by atoms with van der Waals surface area (Å²) in [6, 6.07) is 3.71. The first-order chi connectivity index (χ1) is 8.97. The van der Waals surface area contributed by atoms with Crippen molar-refractivity contribution in [1.82, 2.24) is 10.0 Å². The van der Waals surface area contributed by atoms with Gasteiger partial charge in [0.1, 0.15) is 5.82 Å². The van der Waals surface area contributed by atoms with Crippen molar-refractivity contribution < 1.29 is 17.5 Å². The van der Waals surface area contributed by atoms with Gasteiger partial charge in [0.05, 0.1) is 11.5 Å². The monoisotopic (exact) mass is 326 g/mol. The largest absolute Gasteiger partial charge is 0.383 e. The first-order valence-electron chi connectivity index (χ1n) is 5.93. The molecule has 8 heteroatoms. The molecule has 0 fully saturated rings. The molecule has 0 heterocycles. The Hall–Kier alpha value is -0.730. The van der Waals surface area contributed by atoms with Crippen LogP contribution < -0.4 is 10.0 Å². The average molecular weight is 327 g/mol. The zero-order chi connectivity index (χ0) is 14.3. The van der Waals surface area contributed by atoms with Crippen LogP contribution in [0.3, 0.4) is 0 Å². The van der Waals surface area contributed by atoms with Gasteiger partial charge < -0.3 is 10.1 Å². The Morgan fingerprint density at radius 3 is 2.60 bits per heavy atom. The fourth-order valence-electron chi connectivity index (χ4n) is 1.51. The summed E-state index contributed by atoms with van der Waals surface area (Å²) in [4.78, 5) is -0.0237. The van der Waals surface area contributed by atoms with E-state index in [4.69, 9.17) is 4.74 Å². The number of halogens is 2. The van der Waals surface area contributed by atoms with E-state index in [-0.39, 0.29) is 23.8 Å². The smallest absolute Gasteiger partial charge is 0.240 e. The second-order valence-corrected chi connectivity index (χ2v) is 5.79. The predicted octanol–water partition coefficient (Wildman–Crippen LogP) is 1.07. The minimum atomic E-state index is -3.67. The lowest BCUT2D eigenvalue weighted by atomic mass is 10.2. The van der Waals surface area contributed by atoms with Crippen LogP contribution in [0, 0.1) is 12.7 Å². The Bertz CT molecular complexity index is 511. The topological polar surface area (TPSA) is 67.4 Å². The lowest BCUT2D eigenvalue weighted by molar-refractivity contribution is 0.199. The molecule has 0 aliphatic rings. The predicted molar refractivity (Wildman–Crippen MR) is 78.3 cm³/mol. The lowest BCUT2D eigenvalue weighted by Gasteiger charge is -2.10. The van der Waals surface area contributed by atoms with Crippen molar-refractivity contribution >= 4 is 22.4 Å². The number of hydrogen-bond donors (Lipinski definition) is 2. The number of benzene rings is 1. The summed E-state index contributed by atoms with van der Waals surface area (Å²) in [7, 11) is -2.07. The molecule has 1 rings (SSSR count). The summed E-state index contributed by atoms with van der Waals surface area (Å²) in [5.41, 5.74) is 0.515. The zero-order valence-corrected chi connectivity index (χ0v) is 13.1. The molecule has 5 nitrogen and oxygen atoms in total. The van der Waals surface area contributed by atoms with Crippen LogP contribution in [0.4, 0.5) is 4.39 Å². The molecule has 0 spiro atoms. The first-order valence-corrected chi connectivity index (χ1v) is 7.41. The van der Waals surface area contributed by atoms with Gasteiger partial charge in [-0.05, 0) is 24.6 Å². The van der Waals surface area contributed by atoms with Crippen LogP contribution in [0.15, 0.2) is 23.1 Å². The molecule has 0 saturated heterocycles. The Morgan fingerprint density at radius 1 is 1.25 bits per heavy atom. The van der Waals surface area contributed by atoms with E-state index in [1.807, 2.05) is 0 Å². The van der Waals surface area contributed by atoms with Crippen LogP contribution >= 0.6 is 12.4 Å². The van der Waals surface area contributed by atoms with Crippen molar-refractivity contribution in [1.29, 1.82) is 0 Å². The van der Waals surface area contributed by atoms with Crippen molar-refractivity contribution in [2.45, 2.75) is 11.8 Å².